The number of nitrogens with zero attached hydrogens (tertiary/aromatic N) is 4. The van der Waals surface area contributed by atoms with Gasteiger partial charge in [-0.2, -0.15) is 11.8 Å². The van der Waals surface area contributed by atoms with Crippen LogP contribution in [0.15, 0.2) is 42.5 Å². The van der Waals surface area contributed by atoms with Crippen molar-refractivity contribution in [2.24, 2.45) is 0 Å². The van der Waals surface area contributed by atoms with Crippen LogP contribution in [-0.4, -0.2) is 71.1 Å². The normalized spacial score (nSPS) is 17.5. The van der Waals surface area contributed by atoms with Gasteiger partial charge in [-0.05, 0) is 57.0 Å². The molecule has 0 unspecified atom stereocenters. The predicted octanol–water partition coefficient (Wildman–Crippen LogP) is 4.28. The summed E-state index contributed by atoms with van der Waals surface area (Å²) in [7, 11) is 0. The van der Waals surface area contributed by atoms with Gasteiger partial charge in [-0.15, -0.1) is 0 Å². The van der Waals surface area contributed by atoms with Crippen LogP contribution in [0.2, 0.25) is 0 Å². The second kappa shape index (κ2) is 10.8. The van der Waals surface area contributed by atoms with Crippen molar-refractivity contribution in [3.8, 4) is 5.75 Å². The topological polar surface area (TPSA) is 70.6 Å². The Morgan fingerprint density at radius 1 is 1.03 bits per heavy atom. The average molecular weight is 492 g/mol. The first-order chi connectivity index (χ1) is 17.0. The van der Waals surface area contributed by atoms with Crippen LogP contribution in [-0.2, 0) is 4.79 Å². The summed E-state index contributed by atoms with van der Waals surface area (Å²) in [6, 6.07) is 14.1. The van der Waals surface area contributed by atoms with Gasteiger partial charge in [0.05, 0.1) is 11.2 Å². The molecule has 2 aromatic carbocycles. The number of hydrogen-bond acceptors (Lipinski definition) is 7. The zero-order chi connectivity index (χ0) is 24.2. The summed E-state index contributed by atoms with van der Waals surface area (Å²) in [6.07, 6.45) is 2.33. The first-order valence-electron chi connectivity index (χ1n) is 12.4. The minimum atomic E-state index is -0.199. The Kier molecular flexibility index (Phi) is 7.39. The van der Waals surface area contributed by atoms with E-state index in [4.69, 9.17) is 14.7 Å². The van der Waals surface area contributed by atoms with E-state index in [2.05, 4.69) is 26.9 Å². The third-order valence-corrected chi connectivity index (χ3v) is 7.80. The molecule has 5 rings (SSSR count). The molecule has 0 aliphatic carbocycles. The fourth-order valence-electron chi connectivity index (χ4n) is 4.84. The molecule has 7 nitrogen and oxygen atoms in total. The lowest BCUT2D eigenvalue weighted by atomic mass is 10.0. The monoisotopic (exact) mass is 491 g/mol. The molecule has 8 heteroatoms. The van der Waals surface area contributed by atoms with E-state index in [1.54, 1.807) is 0 Å². The molecule has 3 heterocycles. The number of thioether (sulfide) groups is 1. The van der Waals surface area contributed by atoms with Crippen molar-refractivity contribution >= 4 is 40.2 Å². The number of rotatable bonds is 6. The third-order valence-electron chi connectivity index (χ3n) is 6.86. The maximum Gasteiger partial charge on any atom is 0.262 e. The SMILES string of the molecule is Cc1ccc(OCC(=O)Nc2ccc3nc(N4CCC(N5CCSCC5)CC4)nc(C)c3c2)cc1. The Balaban J connectivity index is 1.20. The summed E-state index contributed by atoms with van der Waals surface area (Å²) in [5.74, 6) is 3.81. The van der Waals surface area contributed by atoms with Gasteiger partial charge in [0.25, 0.3) is 5.91 Å². The van der Waals surface area contributed by atoms with Crippen LogP contribution < -0.4 is 15.0 Å². The molecule has 3 aromatic rings. The van der Waals surface area contributed by atoms with E-state index in [9.17, 15) is 4.79 Å². The molecule has 1 aromatic heterocycles. The van der Waals surface area contributed by atoms with Gasteiger partial charge in [-0.3, -0.25) is 9.69 Å². The fraction of sp³-hybridized carbons (Fsp3) is 0.444. The van der Waals surface area contributed by atoms with E-state index in [1.807, 2.05) is 56.3 Å². The van der Waals surface area contributed by atoms with Crippen LogP contribution in [0.3, 0.4) is 0 Å². The number of carbonyl (C=O) groups is 1. The molecular weight excluding hydrogens is 458 g/mol. The van der Waals surface area contributed by atoms with Crippen molar-refractivity contribution in [1.82, 2.24) is 14.9 Å². The van der Waals surface area contributed by atoms with Crippen molar-refractivity contribution in [2.45, 2.75) is 32.7 Å². The van der Waals surface area contributed by atoms with Crippen molar-refractivity contribution in [1.29, 1.82) is 0 Å². The molecule has 1 amide bonds. The van der Waals surface area contributed by atoms with Gasteiger partial charge in [-0.1, -0.05) is 17.7 Å². The van der Waals surface area contributed by atoms with E-state index in [1.165, 1.54) is 37.4 Å². The van der Waals surface area contributed by atoms with Crippen LogP contribution in [0.25, 0.3) is 10.9 Å². The highest BCUT2D eigenvalue weighted by Crippen LogP contribution is 2.26. The largest absolute Gasteiger partial charge is 0.484 e. The highest BCUT2D eigenvalue weighted by Gasteiger charge is 2.27. The number of piperidine rings is 1. The molecule has 0 spiro atoms. The molecular formula is C27H33N5O2S. The summed E-state index contributed by atoms with van der Waals surface area (Å²) in [5, 5.41) is 3.87. The van der Waals surface area contributed by atoms with Gasteiger partial charge in [0.2, 0.25) is 5.95 Å². The number of hydrogen-bond donors (Lipinski definition) is 1. The van der Waals surface area contributed by atoms with E-state index in [0.717, 1.165) is 46.9 Å². The molecule has 0 bridgehead atoms. The molecule has 2 aliphatic rings. The highest BCUT2D eigenvalue weighted by molar-refractivity contribution is 7.99. The predicted molar refractivity (Wildman–Crippen MR) is 144 cm³/mol. The molecule has 2 saturated heterocycles. The smallest absolute Gasteiger partial charge is 0.262 e. The standard InChI is InChI=1S/C27H33N5O2S/c1-19-3-6-23(7-4-19)34-18-26(33)29-21-5-8-25-24(17-21)20(2)28-27(30-25)32-11-9-22(10-12-32)31-13-15-35-16-14-31/h3-8,17,22H,9-16,18H2,1-2H3,(H,29,33). The van der Waals surface area contributed by atoms with Gasteiger partial charge in [0, 0.05) is 54.8 Å². The molecule has 2 aliphatic heterocycles. The molecule has 1 N–H and O–H groups in total. The maximum atomic E-state index is 12.4. The van der Waals surface area contributed by atoms with Crippen molar-refractivity contribution < 1.29 is 9.53 Å². The van der Waals surface area contributed by atoms with Gasteiger partial charge in [0.15, 0.2) is 6.61 Å². The highest BCUT2D eigenvalue weighted by atomic mass is 32.2. The zero-order valence-corrected chi connectivity index (χ0v) is 21.3. The molecule has 0 saturated carbocycles. The molecule has 184 valence electrons. The Hall–Kier alpha value is -2.84. The first kappa shape index (κ1) is 23.9. The van der Waals surface area contributed by atoms with Crippen LogP contribution >= 0.6 is 11.8 Å². The molecule has 35 heavy (non-hydrogen) atoms. The Bertz CT molecular complexity index is 1170. The third kappa shape index (κ3) is 5.87. The zero-order valence-electron chi connectivity index (χ0n) is 20.5. The number of anilines is 2. The fourth-order valence-corrected chi connectivity index (χ4v) is 5.77. The molecule has 0 atom stereocenters. The first-order valence-corrected chi connectivity index (χ1v) is 13.5. The minimum Gasteiger partial charge on any atom is -0.484 e. The quantitative estimate of drug-likeness (QED) is 0.552. The number of nitrogens with one attached hydrogen (secondary N) is 1. The summed E-state index contributed by atoms with van der Waals surface area (Å²) in [5.41, 5.74) is 3.69. The average Bonchev–Trinajstić information content (AvgIpc) is 2.89. The van der Waals surface area contributed by atoms with Crippen LogP contribution in [0, 0.1) is 13.8 Å². The van der Waals surface area contributed by atoms with Crippen LogP contribution in [0.4, 0.5) is 11.6 Å². The van der Waals surface area contributed by atoms with Crippen molar-refractivity contribution in [3.63, 3.8) is 0 Å². The number of benzene rings is 2. The van der Waals surface area contributed by atoms with Gasteiger partial charge in [0.1, 0.15) is 5.75 Å². The van der Waals surface area contributed by atoms with Crippen molar-refractivity contribution in [3.05, 3.63) is 53.7 Å². The number of carbonyl (C=O) groups excluding carboxylic acids is 1. The second-order valence-corrected chi connectivity index (χ2v) is 10.6. The van der Waals surface area contributed by atoms with E-state index in [0.29, 0.717) is 11.8 Å². The maximum absolute atomic E-state index is 12.4. The van der Waals surface area contributed by atoms with Crippen LogP contribution in [0.1, 0.15) is 24.1 Å². The Morgan fingerprint density at radius 2 is 1.77 bits per heavy atom. The van der Waals surface area contributed by atoms with Gasteiger partial charge < -0.3 is 15.0 Å². The van der Waals surface area contributed by atoms with Crippen molar-refractivity contribution in [2.75, 3.05) is 54.5 Å². The number of aryl methyl sites for hydroxylation is 2. The number of amides is 1. The van der Waals surface area contributed by atoms with E-state index >= 15 is 0 Å². The lowest BCUT2D eigenvalue weighted by molar-refractivity contribution is -0.118. The second-order valence-electron chi connectivity index (χ2n) is 9.36. The molecule has 0 radical (unpaired) electrons. The summed E-state index contributed by atoms with van der Waals surface area (Å²) in [6.45, 7) is 8.42. The summed E-state index contributed by atoms with van der Waals surface area (Å²) in [4.78, 5) is 27.1. The number of fused-ring (bicyclic) bond motifs is 1. The Morgan fingerprint density at radius 3 is 2.51 bits per heavy atom. The number of aromatic nitrogens is 2. The minimum absolute atomic E-state index is 0.0399. The Labute approximate surface area is 211 Å². The lowest BCUT2D eigenvalue weighted by Gasteiger charge is -2.40. The van der Waals surface area contributed by atoms with E-state index in [-0.39, 0.29) is 12.5 Å². The summed E-state index contributed by atoms with van der Waals surface area (Å²) >= 11 is 2.07. The number of ether oxygens (including phenoxy) is 1. The summed E-state index contributed by atoms with van der Waals surface area (Å²) < 4.78 is 5.59. The van der Waals surface area contributed by atoms with Gasteiger partial charge >= 0.3 is 0 Å². The lowest BCUT2D eigenvalue weighted by Crippen LogP contribution is -2.48. The van der Waals surface area contributed by atoms with Gasteiger partial charge in [-0.25, -0.2) is 9.97 Å². The molecule has 2 fully saturated rings. The van der Waals surface area contributed by atoms with Crippen LogP contribution in [0.5, 0.6) is 5.75 Å². The van der Waals surface area contributed by atoms with E-state index < -0.39 is 0 Å².